The molecule has 1 aromatic rings. The quantitative estimate of drug-likeness (QED) is 0.529. The monoisotopic (exact) mass is 283 g/mol. The normalized spacial score (nSPS) is 11.2. The second-order valence-corrected chi connectivity index (χ2v) is 5.19. The predicted octanol–water partition coefficient (Wildman–Crippen LogP) is 0.643. The van der Waals surface area contributed by atoms with Gasteiger partial charge in [0.25, 0.3) is 0 Å². The Bertz CT molecular complexity index is 430. The van der Waals surface area contributed by atoms with Crippen molar-refractivity contribution >= 4 is 23.2 Å². The third kappa shape index (κ3) is 6.19. The first-order valence-corrected chi connectivity index (χ1v) is 7.17. The first-order valence-electron chi connectivity index (χ1n) is 6.35. The van der Waals surface area contributed by atoms with Crippen LogP contribution in [0.25, 0.3) is 0 Å². The zero-order valence-corrected chi connectivity index (χ0v) is 12.4. The maximum Gasteiger partial charge on any atom is 0.241 e. The molecule has 0 aliphatic carbocycles. The van der Waals surface area contributed by atoms with Crippen LogP contribution < -0.4 is 16.0 Å². The number of guanidine groups is 1. The van der Waals surface area contributed by atoms with Gasteiger partial charge in [-0.2, -0.15) is 0 Å². The molecule has 0 aromatic carbocycles. The molecule has 1 amide bonds. The van der Waals surface area contributed by atoms with Crippen molar-refractivity contribution in [1.82, 2.24) is 20.9 Å². The Morgan fingerprint density at radius 1 is 1.32 bits per heavy atom. The van der Waals surface area contributed by atoms with Crippen molar-refractivity contribution < 1.29 is 4.79 Å². The summed E-state index contributed by atoms with van der Waals surface area (Å²) in [6, 6.07) is 0. The fourth-order valence-corrected chi connectivity index (χ4v) is 2.11. The first-order chi connectivity index (χ1) is 9.15. The summed E-state index contributed by atoms with van der Waals surface area (Å²) in [6.45, 7) is 8.00. The molecule has 0 aliphatic heterocycles. The number of nitrogens with one attached hydrogen (secondary N) is 3. The van der Waals surface area contributed by atoms with Crippen LogP contribution in [-0.2, 0) is 11.3 Å². The number of carbonyl (C=O) groups excluding carboxylic acids is 1. The Hall–Kier alpha value is -1.63. The van der Waals surface area contributed by atoms with Gasteiger partial charge in [-0.1, -0.05) is 0 Å². The van der Waals surface area contributed by atoms with E-state index in [1.807, 2.05) is 27.0 Å². The van der Waals surface area contributed by atoms with Gasteiger partial charge in [0.2, 0.25) is 5.91 Å². The van der Waals surface area contributed by atoms with Crippen LogP contribution in [0.5, 0.6) is 0 Å². The molecule has 19 heavy (non-hydrogen) atoms. The minimum atomic E-state index is -0.0789. The van der Waals surface area contributed by atoms with Crippen LogP contribution in [0, 0.1) is 6.92 Å². The van der Waals surface area contributed by atoms with Crippen molar-refractivity contribution in [2.75, 3.05) is 19.6 Å². The summed E-state index contributed by atoms with van der Waals surface area (Å²) in [5, 5.41) is 9.96. The maximum absolute atomic E-state index is 11.3. The largest absolute Gasteiger partial charge is 0.357 e. The van der Waals surface area contributed by atoms with Gasteiger partial charge in [-0.15, -0.1) is 11.3 Å². The van der Waals surface area contributed by atoms with Crippen LogP contribution in [0.1, 0.15) is 23.7 Å². The summed E-state index contributed by atoms with van der Waals surface area (Å²) in [4.78, 5) is 21.0. The van der Waals surface area contributed by atoms with Crippen LogP contribution in [-0.4, -0.2) is 36.5 Å². The molecule has 0 bridgehead atoms. The van der Waals surface area contributed by atoms with E-state index in [1.165, 1.54) is 4.88 Å². The lowest BCUT2D eigenvalue weighted by atomic mass is 10.5. The molecule has 7 heteroatoms. The summed E-state index contributed by atoms with van der Waals surface area (Å²) >= 11 is 1.64. The van der Waals surface area contributed by atoms with Gasteiger partial charge < -0.3 is 16.0 Å². The molecule has 0 spiro atoms. The third-order valence-corrected chi connectivity index (χ3v) is 3.09. The standard InChI is InChI=1S/C12H21N5OS/c1-4-13-10(18)7-16-12(14-5-2)17-8-11-15-6-9(3)19-11/h6H,4-5,7-8H2,1-3H3,(H,13,18)(H2,14,16,17). The zero-order valence-electron chi connectivity index (χ0n) is 11.6. The van der Waals surface area contributed by atoms with E-state index in [1.54, 1.807) is 11.3 Å². The number of rotatable bonds is 6. The van der Waals surface area contributed by atoms with E-state index < -0.39 is 0 Å². The lowest BCUT2D eigenvalue weighted by Crippen LogP contribution is -2.38. The van der Waals surface area contributed by atoms with E-state index in [0.717, 1.165) is 11.6 Å². The van der Waals surface area contributed by atoms with Gasteiger partial charge in [0.1, 0.15) is 11.6 Å². The highest BCUT2D eigenvalue weighted by atomic mass is 32.1. The van der Waals surface area contributed by atoms with Crippen molar-refractivity contribution in [3.63, 3.8) is 0 Å². The summed E-state index contributed by atoms with van der Waals surface area (Å²) in [7, 11) is 0. The average molecular weight is 283 g/mol. The number of thiazole rings is 1. The summed E-state index contributed by atoms with van der Waals surface area (Å²) in [5.74, 6) is 0.548. The molecule has 1 rings (SSSR count). The van der Waals surface area contributed by atoms with Crippen molar-refractivity contribution in [3.8, 4) is 0 Å². The topological polar surface area (TPSA) is 78.4 Å². The van der Waals surface area contributed by atoms with Crippen LogP contribution in [0.2, 0.25) is 0 Å². The number of aliphatic imine (C=N–C) groups is 1. The number of aromatic nitrogens is 1. The van der Waals surface area contributed by atoms with Crippen molar-refractivity contribution in [3.05, 3.63) is 16.1 Å². The minimum Gasteiger partial charge on any atom is -0.357 e. The Balaban J connectivity index is 2.47. The second kappa shape index (κ2) is 8.47. The van der Waals surface area contributed by atoms with Crippen LogP contribution >= 0.6 is 11.3 Å². The van der Waals surface area contributed by atoms with Crippen LogP contribution in [0.3, 0.4) is 0 Å². The Kier molecular flexibility index (Phi) is 6.88. The second-order valence-electron chi connectivity index (χ2n) is 3.87. The van der Waals surface area contributed by atoms with E-state index in [2.05, 4.69) is 25.9 Å². The highest BCUT2D eigenvalue weighted by Crippen LogP contribution is 2.10. The molecule has 0 atom stereocenters. The molecule has 0 aliphatic rings. The maximum atomic E-state index is 11.3. The van der Waals surface area contributed by atoms with Gasteiger partial charge in [0, 0.05) is 24.2 Å². The predicted molar refractivity (Wildman–Crippen MR) is 78.4 cm³/mol. The fourth-order valence-electron chi connectivity index (χ4n) is 1.39. The number of likely N-dealkylation sites (N-methyl/N-ethyl adjacent to an activating group) is 1. The molecule has 0 radical (unpaired) electrons. The molecule has 6 nitrogen and oxygen atoms in total. The van der Waals surface area contributed by atoms with Crippen molar-refractivity contribution in [1.29, 1.82) is 0 Å². The van der Waals surface area contributed by atoms with Gasteiger partial charge in [-0.05, 0) is 20.8 Å². The SMILES string of the molecule is CCNC(=O)CN=C(NCC)NCc1ncc(C)s1. The lowest BCUT2D eigenvalue weighted by Gasteiger charge is -2.09. The van der Waals surface area contributed by atoms with Gasteiger partial charge in [0.05, 0.1) is 6.54 Å². The molecule has 0 saturated carbocycles. The Labute approximate surface area is 117 Å². The molecule has 106 valence electrons. The minimum absolute atomic E-state index is 0.0789. The summed E-state index contributed by atoms with van der Waals surface area (Å²) in [6.07, 6.45) is 1.85. The number of hydrogen-bond acceptors (Lipinski definition) is 4. The average Bonchev–Trinajstić information content (AvgIpc) is 2.79. The van der Waals surface area contributed by atoms with E-state index in [0.29, 0.717) is 19.0 Å². The number of aryl methyl sites for hydroxylation is 1. The lowest BCUT2D eigenvalue weighted by molar-refractivity contribution is -0.119. The molecule has 0 unspecified atom stereocenters. The van der Waals surface area contributed by atoms with E-state index in [4.69, 9.17) is 0 Å². The summed E-state index contributed by atoms with van der Waals surface area (Å²) in [5.41, 5.74) is 0. The number of carbonyl (C=O) groups is 1. The molecule has 0 fully saturated rings. The van der Waals surface area contributed by atoms with Gasteiger partial charge in [0.15, 0.2) is 5.96 Å². The molecule has 3 N–H and O–H groups in total. The number of amides is 1. The highest BCUT2D eigenvalue weighted by molar-refractivity contribution is 7.11. The molecular formula is C12H21N5OS. The first kappa shape index (κ1) is 15.4. The van der Waals surface area contributed by atoms with E-state index in [-0.39, 0.29) is 12.5 Å². The smallest absolute Gasteiger partial charge is 0.241 e. The third-order valence-electron chi connectivity index (χ3n) is 2.18. The van der Waals surface area contributed by atoms with E-state index in [9.17, 15) is 4.79 Å². The van der Waals surface area contributed by atoms with Crippen LogP contribution in [0.4, 0.5) is 0 Å². The van der Waals surface area contributed by atoms with Crippen LogP contribution in [0.15, 0.2) is 11.2 Å². The fraction of sp³-hybridized carbons (Fsp3) is 0.583. The Morgan fingerprint density at radius 3 is 2.63 bits per heavy atom. The van der Waals surface area contributed by atoms with Crippen molar-refractivity contribution in [2.24, 2.45) is 4.99 Å². The zero-order chi connectivity index (χ0) is 14.1. The summed E-state index contributed by atoms with van der Waals surface area (Å²) < 4.78 is 0. The Morgan fingerprint density at radius 2 is 2.05 bits per heavy atom. The van der Waals surface area contributed by atoms with Crippen molar-refractivity contribution in [2.45, 2.75) is 27.3 Å². The number of nitrogens with zero attached hydrogens (tertiary/aromatic N) is 2. The molecule has 0 saturated heterocycles. The van der Waals surface area contributed by atoms with Gasteiger partial charge >= 0.3 is 0 Å². The molecule has 1 heterocycles. The van der Waals surface area contributed by atoms with E-state index >= 15 is 0 Å². The van der Waals surface area contributed by atoms with Gasteiger partial charge in [-0.25, -0.2) is 9.98 Å². The highest BCUT2D eigenvalue weighted by Gasteiger charge is 2.03. The van der Waals surface area contributed by atoms with Gasteiger partial charge in [-0.3, -0.25) is 4.79 Å². The molecule has 1 aromatic heterocycles. The number of hydrogen-bond donors (Lipinski definition) is 3. The molecular weight excluding hydrogens is 262 g/mol.